The first-order chi connectivity index (χ1) is 14.9. The van der Waals surface area contributed by atoms with E-state index in [0.29, 0.717) is 18.5 Å². The van der Waals surface area contributed by atoms with Gasteiger partial charge in [-0.25, -0.2) is 4.39 Å². The molecule has 1 atom stereocenters. The third-order valence-corrected chi connectivity index (χ3v) is 5.73. The Bertz CT molecular complexity index is 795. The highest BCUT2D eigenvalue weighted by atomic mass is 19.1. The van der Waals surface area contributed by atoms with Crippen molar-refractivity contribution in [2.45, 2.75) is 52.4 Å². The molecule has 0 radical (unpaired) electrons. The molecular weight excluding hydrogens is 389 g/mol. The van der Waals surface area contributed by atoms with Crippen molar-refractivity contribution in [2.75, 3.05) is 33.8 Å². The normalized spacial score (nSPS) is 16.0. The average Bonchev–Trinajstić information content (AvgIpc) is 3.21. The van der Waals surface area contributed by atoms with Gasteiger partial charge in [0.15, 0.2) is 0 Å². The van der Waals surface area contributed by atoms with Crippen LogP contribution in [0, 0.1) is 11.7 Å². The number of likely N-dealkylation sites (N-methyl/N-ethyl adjacent to an activating group) is 1. The number of hydroxylamine groups is 2. The standard InChI is InChI=1S/C26H38FN3O/c1-21(2)15-25(20-28(3)4)29(19-24-11-5-6-12-26(24)27)17-22-9-7-10-23(16-22)18-30-13-8-14-31-30/h5-7,9-12,16,21,25H,8,13-15,17-20H2,1-4H3/t25-/m0/s1. The first kappa shape index (κ1) is 23.9. The second-order valence-electron chi connectivity index (χ2n) is 9.41. The molecule has 1 aliphatic rings. The molecule has 0 spiro atoms. The van der Waals surface area contributed by atoms with Gasteiger partial charge in [-0.05, 0) is 50.0 Å². The van der Waals surface area contributed by atoms with Crippen LogP contribution in [0.1, 0.15) is 43.4 Å². The average molecular weight is 428 g/mol. The fourth-order valence-electron chi connectivity index (χ4n) is 4.35. The second-order valence-corrected chi connectivity index (χ2v) is 9.41. The van der Waals surface area contributed by atoms with Crippen LogP contribution in [0.4, 0.5) is 4.39 Å². The van der Waals surface area contributed by atoms with Crippen molar-refractivity contribution >= 4 is 0 Å². The smallest absolute Gasteiger partial charge is 0.127 e. The molecule has 0 aliphatic carbocycles. The Hall–Kier alpha value is -1.79. The predicted octanol–water partition coefficient (Wildman–Crippen LogP) is 4.94. The Morgan fingerprint density at radius 2 is 1.81 bits per heavy atom. The number of benzene rings is 2. The number of hydrogen-bond donors (Lipinski definition) is 0. The maximum atomic E-state index is 14.5. The summed E-state index contributed by atoms with van der Waals surface area (Å²) in [6.45, 7) is 9.51. The summed E-state index contributed by atoms with van der Waals surface area (Å²) in [5.41, 5.74) is 3.29. The van der Waals surface area contributed by atoms with Crippen molar-refractivity contribution in [1.82, 2.24) is 14.9 Å². The van der Waals surface area contributed by atoms with E-state index >= 15 is 0 Å². The van der Waals surface area contributed by atoms with Crippen molar-refractivity contribution < 1.29 is 9.23 Å². The van der Waals surface area contributed by atoms with Crippen LogP contribution < -0.4 is 0 Å². The lowest BCUT2D eigenvalue weighted by molar-refractivity contribution is -0.117. The fourth-order valence-corrected chi connectivity index (χ4v) is 4.35. The molecule has 170 valence electrons. The summed E-state index contributed by atoms with van der Waals surface area (Å²) in [6, 6.07) is 16.3. The molecule has 1 fully saturated rings. The maximum absolute atomic E-state index is 14.5. The lowest BCUT2D eigenvalue weighted by Gasteiger charge is -2.35. The number of rotatable bonds is 11. The van der Waals surface area contributed by atoms with Gasteiger partial charge < -0.3 is 4.90 Å². The third-order valence-electron chi connectivity index (χ3n) is 5.73. The number of halogens is 1. The molecule has 3 rings (SSSR count). The van der Waals surface area contributed by atoms with Gasteiger partial charge in [0.1, 0.15) is 5.82 Å². The topological polar surface area (TPSA) is 19.0 Å². The molecular formula is C26H38FN3O. The molecule has 0 saturated carbocycles. The first-order valence-corrected chi connectivity index (χ1v) is 11.5. The largest absolute Gasteiger partial charge is 0.308 e. The van der Waals surface area contributed by atoms with Crippen LogP contribution in [0.25, 0.3) is 0 Å². The zero-order valence-corrected chi connectivity index (χ0v) is 19.6. The van der Waals surface area contributed by atoms with E-state index in [1.165, 1.54) is 11.1 Å². The number of hydrogen-bond acceptors (Lipinski definition) is 4. The Morgan fingerprint density at radius 3 is 2.48 bits per heavy atom. The molecule has 0 N–H and O–H groups in total. The van der Waals surface area contributed by atoms with Crippen LogP contribution in [-0.2, 0) is 24.5 Å². The molecule has 4 nitrogen and oxygen atoms in total. The van der Waals surface area contributed by atoms with Crippen LogP contribution in [-0.4, -0.2) is 54.7 Å². The summed E-state index contributed by atoms with van der Waals surface area (Å²) in [5, 5.41) is 2.05. The molecule has 0 bridgehead atoms. The van der Waals surface area contributed by atoms with Gasteiger partial charge in [-0.2, -0.15) is 5.06 Å². The molecule has 1 saturated heterocycles. The highest BCUT2D eigenvalue weighted by molar-refractivity contribution is 5.24. The maximum Gasteiger partial charge on any atom is 0.127 e. The van der Waals surface area contributed by atoms with E-state index in [1.807, 2.05) is 17.2 Å². The molecule has 1 aliphatic heterocycles. The minimum Gasteiger partial charge on any atom is -0.308 e. The summed E-state index contributed by atoms with van der Waals surface area (Å²) in [7, 11) is 4.23. The van der Waals surface area contributed by atoms with E-state index in [1.54, 1.807) is 12.1 Å². The van der Waals surface area contributed by atoms with Crippen molar-refractivity contribution in [3.05, 3.63) is 71.0 Å². The van der Waals surface area contributed by atoms with Crippen LogP contribution in [0.2, 0.25) is 0 Å². The third kappa shape index (κ3) is 7.69. The van der Waals surface area contributed by atoms with Crippen LogP contribution in [0.15, 0.2) is 48.5 Å². The number of nitrogens with zero attached hydrogens (tertiary/aromatic N) is 3. The van der Waals surface area contributed by atoms with E-state index in [4.69, 9.17) is 4.84 Å². The van der Waals surface area contributed by atoms with Gasteiger partial charge in [0.2, 0.25) is 0 Å². The Kier molecular flexibility index (Phi) is 9.02. The minimum absolute atomic E-state index is 0.124. The fraction of sp³-hybridized carbons (Fsp3) is 0.538. The van der Waals surface area contributed by atoms with Gasteiger partial charge in [-0.15, -0.1) is 0 Å². The molecule has 0 unspecified atom stereocenters. The summed E-state index contributed by atoms with van der Waals surface area (Å²) in [6.07, 6.45) is 2.17. The summed E-state index contributed by atoms with van der Waals surface area (Å²) >= 11 is 0. The first-order valence-electron chi connectivity index (χ1n) is 11.5. The highest BCUT2D eigenvalue weighted by Gasteiger charge is 2.22. The Balaban J connectivity index is 1.81. The van der Waals surface area contributed by atoms with E-state index in [0.717, 1.165) is 51.2 Å². The summed E-state index contributed by atoms with van der Waals surface area (Å²) in [4.78, 5) is 10.4. The second kappa shape index (κ2) is 11.7. The molecule has 0 amide bonds. The van der Waals surface area contributed by atoms with Crippen molar-refractivity contribution in [3.63, 3.8) is 0 Å². The summed E-state index contributed by atoms with van der Waals surface area (Å²) in [5.74, 6) is 0.451. The van der Waals surface area contributed by atoms with Gasteiger partial charge >= 0.3 is 0 Å². The van der Waals surface area contributed by atoms with Crippen molar-refractivity contribution in [2.24, 2.45) is 5.92 Å². The van der Waals surface area contributed by atoms with Gasteiger partial charge in [0.25, 0.3) is 0 Å². The highest BCUT2D eigenvalue weighted by Crippen LogP contribution is 2.21. The van der Waals surface area contributed by atoms with E-state index in [2.05, 4.69) is 62.0 Å². The van der Waals surface area contributed by atoms with Crippen LogP contribution >= 0.6 is 0 Å². The van der Waals surface area contributed by atoms with Gasteiger partial charge in [0.05, 0.1) is 6.61 Å². The van der Waals surface area contributed by atoms with Gasteiger partial charge in [0, 0.05) is 44.3 Å². The minimum atomic E-state index is -0.124. The van der Waals surface area contributed by atoms with Crippen LogP contribution in [0.3, 0.4) is 0 Å². The lowest BCUT2D eigenvalue weighted by atomic mass is 10.00. The van der Waals surface area contributed by atoms with E-state index < -0.39 is 0 Å². The van der Waals surface area contributed by atoms with E-state index in [9.17, 15) is 4.39 Å². The monoisotopic (exact) mass is 427 g/mol. The zero-order chi connectivity index (χ0) is 22.2. The van der Waals surface area contributed by atoms with Gasteiger partial charge in [-0.1, -0.05) is 56.3 Å². The molecule has 1 heterocycles. The zero-order valence-electron chi connectivity index (χ0n) is 19.6. The molecule has 5 heteroatoms. The van der Waals surface area contributed by atoms with Gasteiger partial charge in [-0.3, -0.25) is 9.74 Å². The summed E-state index contributed by atoms with van der Waals surface area (Å²) < 4.78 is 14.5. The molecule has 31 heavy (non-hydrogen) atoms. The quantitative estimate of drug-likeness (QED) is 0.505. The Morgan fingerprint density at radius 1 is 1.03 bits per heavy atom. The van der Waals surface area contributed by atoms with E-state index in [-0.39, 0.29) is 5.82 Å². The molecule has 2 aromatic rings. The Labute approximate surface area is 187 Å². The molecule has 2 aromatic carbocycles. The SMILES string of the molecule is CC(C)C[C@@H](CN(C)C)N(Cc1cccc(CN2CCCO2)c1)Cc1ccccc1F. The molecule has 0 aromatic heterocycles. The van der Waals surface area contributed by atoms with Crippen molar-refractivity contribution in [3.8, 4) is 0 Å². The predicted molar refractivity (Wildman–Crippen MR) is 125 cm³/mol. The van der Waals surface area contributed by atoms with Crippen molar-refractivity contribution in [1.29, 1.82) is 0 Å². The van der Waals surface area contributed by atoms with Crippen LogP contribution in [0.5, 0.6) is 0 Å². The lowest BCUT2D eigenvalue weighted by Crippen LogP contribution is -2.42.